The summed E-state index contributed by atoms with van der Waals surface area (Å²) >= 11 is 0. The largest absolute Gasteiger partial charge is 0.379 e. The fourth-order valence-electron chi connectivity index (χ4n) is 4.69. The number of hydrogen-bond acceptors (Lipinski definition) is 6. The van der Waals surface area contributed by atoms with Crippen molar-refractivity contribution in [2.75, 3.05) is 49.6 Å². The number of anilines is 3. The molecule has 7 nitrogen and oxygen atoms in total. The molecule has 1 N–H and O–H groups in total. The van der Waals surface area contributed by atoms with Crippen LogP contribution >= 0.6 is 0 Å². The van der Waals surface area contributed by atoms with Crippen LogP contribution in [0.1, 0.15) is 19.8 Å². The van der Waals surface area contributed by atoms with Crippen molar-refractivity contribution in [1.82, 2.24) is 19.7 Å². The van der Waals surface area contributed by atoms with Crippen LogP contribution in [-0.4, -0.2) is 65.1 Å². The van der Waals surface area contributed by atoms with Crippen molar-refractivity contribution in [1.29, 1.82) is 0 Å². The van der Waals surface area contributed by atoms with E-state index in [9.17, 15) is 8.78 Å². The van der Waals surface area contributed by atoms with E-state index in [-0.39, 0.29) is 7.11 Å². The average molecular weight is 457 g/mol. The van der Waals surface area contributed by atoms with E-state index in [0.717, 1.165) is 56.7 Å². The molecule has 2 aromatic carbocycles. The number of nitrogens with one attached hydrogen (secondary N) is 1. The number of rotatable bonds is 6. The summed E-state index contributed by atoms with van der Waals surface area (Å²) in [6.45, 7) is 7.78. The minimum Gasteiger partial charge on any atom is -0.379 e. The lowest BCUT2D eigenvalue weighted by molar-refractivity contribution is 0.0355. The molecule has 0 aliphatic carbocycles. The van der Waals surface area contributed by atoms with Crippen LogP contribution in [0.4, 0.5) is 26.1 Å². The number of ether oxygens (including phenoxy) is 1. The van der Waals surface area contributed by atoms with Crippen LogP contribution in [0.3, 0.4) is 0 Å². The van der Waals surface area contributed by atoms with Crippen molar-refractivity contribution in [3.05, 3.63) is 59.9 Å². The van der Waals surface area contributed by atoms with E-state index in [2.05, 4.69) is 44.3 Å². The van der Waals surface area contributed by atoms with E-state index in [1.165, 1.54) is 41.7 Å². The molecule has 33 heavy (non-hydrogen) atoms. The molecule has 0 unspecified atom stereocenters. The van der Waals surface area contributed by atoms with E-state index in [4.69, 9.17) is 4.74 Å². The number of aryl methyl sites for hydroxylation is 1. The maximum Gasteiger partial charge on any atom is 0.246 e. The summed E-state index contributed by atoms with van der Waals surface area (Å²) in [4.78, 5) is 9.25. The highest BCUT2D eigenvalue weighted by Gasteiger charge is 2.27. The van der Waals surface area contributed by atoms with Gasteiger partial charge in [0, 0.05) is 51.1 Å². The molecule has 0 radical (unpaired) electrons. The number of hydrogen-bond donors (Lipinski definition) is 1. The smallest absolute Gasteiger partial charge is 0.246 e. The molecule has 9 heteroatoms. The molecule has 2 aliphatic heterocycles. The molecule has 0 amide bonds. The molecular weight excluding hydrogens is 426 g/mol. The van der Waals surface area contributed by atoms with Crippen LogP contribution in [0.2, 0.25) is 0 Å². The first-order valence-electron chi connectivity index (χ1n) is 11.4. The molecule has 2 aliphatic rings. The van der Waals surface area contributed by atoms with Crippen molar-refractivity contribution in [2.45, 2.75) is 25.8 Å². The first kappa shape index (κ1) is 21.8. The summed E-state index contributed by atoms with van der Waals surface area (Å²) in [7, 11) is 0. The van der Waals surface area contributed by atoms with E-state index >= 15 is 0 Å². The SMILES string of the molecule is Cc1cc(Nc2ncn(-c3cc(F)cc(F)c3)n2)cc(N2CCC[C@H]2CN2CCOCC2)c1.[HH]. The van der Waals surface area contributed by atoms with Crippen LogP contribution in [0.25, 0.3) is 5.69 Å². The van der Waals surface area contributed by atoms with Crippen molar-refractivity contribution in [2.24, 2.45) is 0 Å². The Balaban J connectivity index is 0.00000274. The lowest BCUT2D eigenvalue weighted by Gasteiger charge is -2.34. The van der Waals surface area contributed by atoms with Gasteiger partial charge in [-0.1, -0.05) is 0 Å². The van der Waals surface area contributed by atoms with Crippen molar-refractivity contribution in [3.63, 3.8) is 0 Å². The topological polar surface area (TPSA) is 58.5 Å². The second kappa shape index (κ2) is 9.44. The second-order valence-electron chi connectivity index (χ2n) is 8.73. The summed E-state index contributed by atoms with van der Waals surface area (Å²) < 4.78 is 33.9. The number of nitrogens with zero attached hydrogens (tertiary/aromatic N) is 5. The van der Waals surface area contributed by atoms with Crippen LogP contribution in [-0.2, 0) is 4.74 Å². The highest BCUT2D eigenvalue weighted by Crippen LogP contribution is 2.30. The molecule has 0 bridgehead atoms. The Bertz CT molecular complexity index is 1100. The van der Waals surface area contributed by atoms with Crippen molar-refractivity contribution >= 4 is 17.3 Å². The molecule has 3 aromatic rings. The monoisotopic (exact) mass is 456 g/mol. The average Bonchev–Trinajstić information content (AvgIpc) is 3.43. The lowest BCUT2D eigenvalue weighted by Crippen LogP contribution is -2.45. The van der Waals surface area contributed by atoms with Gasteiger partial charge in [-0.3, -0.25) is 4.90 Å². The minimum atomic E-state index is -0.657. The standard InChI is InChI=1S/C24H28F2N6O.H2/c1-17-9-20(28-24-27-16-32(29-24)23-12-18(25)11-19(26)13-23)14-22(10-17)31-4-2-3-21(31)15-30-5-7-33-8-6-30;/h9-14,16,21H,2-8,15H2,1H3,(H,28,29);1H/t21-;/m0./s1. The Morgan fingerprint density at radius 2 is 1.82 bits per heavy atom. The zero-order chi connectivity index (χ0) is 22.8. The Morgan fingerprint density at radius 1 is 1.03 bits per heavy atom. The van der Waals surface area contributed by atoms with Crippen molar-refractivity contribution < 1.29 is 14.9 Å². The maximum absolute atomic E-state index is 13.6. The third-order valence-electron chi connectivity index (χ3n) is 6.20. The fraction of sp³-hybridized carbons (Fsp3) is 0.417. The van der Waals surface area contributed by atoms with Gasteiger partial charge in [-0.15, -0.1) is 5.10 Å². The number of halogens is 2. The van der Waals surface area contributed by atoms with Gasteiger partial charge in [0.15, 0.2) is 0 Å². The van der Waals surface area contributed by atoms with E-state index in [1.807, 2.05) is 6.07 Å². The quantitative estimate of drug-likeness (QED) is 0.602. The first-order valence-corrected chi connectivity index (χ1v) is 11.4. The molecule has 2 saturated heterocycles. The molecule has 176 valence electrons. The van der Waals surface area contributed by atoms with Crippen molar-refractivity contribution in [3.8, 4) is 5.69 Å². The van der Waals surface area contributed by atoms with Gasteiger partial charge in [0.05, 0.1) is 18.9 Å². The van der Waals surface area contributed by atoms with Gasteiger partial charge in [0.1, 0.15) is 18.0 Å². The maximum atomic E-state index is 13.6. The van der Waals surface area contributed by atoms with Gasteiger partial charge in [-0.25, -0.2) is 13.5 Å². The number of aromatic nitrogens is 3. The third-order valence-corrected chi connectivity index (χ3v) is 6.20. The summed E-state index contributed by atoms with van der Waals surface area (Å²) in [5.41, 5.74) is 3.48. The van der Waals surface area contributed by atoms with E-state index in [1.54, 1.807) is 0 Å². The summed E-state index contributed by atoms with van der Waals surface area (Å²) in [5.74, 6) is -0.950. The number of benzene rings is 2. The summed E-state index contributed by atoms with van der Waals surface area (Å²) in [6, 6.07) is 10.1. The predicted octanol–water partition coefficient (Wildman–Crippen LogP) is 4.14. The van der Waals surface area contributed by atoms with Gasteiger partial charge in [0.25, 0.3) is 0 Å². The van der Waals surface area contributed by atoms with Gasteiger partial charge in [-0.05, 0) is 55.7 Å². The molecule has 0 saturated carbocycles. The Labute approximate surface area is 193 Å². The van der Waals surface area contributed by atoms with Crippen LogP contribution in [0.15, 0.2) is 42.7 Å². The third kappa shape index (κ3) is 5.15. The molecule has 2 fully saturated rings. The molecule has 5 rings (SSSR count). The zero-order valence-corrected chi connectivity index (χ0v) is 18.7. The highest BCUT2D eigenvalue weighted by atomic mass is 19.1. The normalized spacial score (nSPS) is 19.2. The Hall–Kier alpha value is -3.04. The first-order chi connectivity index (χ1) is 16.0. The minimum absolute atomic E-state index is 0. The molecule has 1 atom stereocenters. The van der Waals surface area contributed by atoms with E-state index in [0.29, 0.717) is 12.0 Å². The van der Waals surface area contributed by atoms with Gasteiger partial charge in [-0.2, -0.15) is 4.98 Å². The van der Waals surface area contributed by atoms with Gasteiger partial charge < -0.3 is 15.0 Å². The van der Waals surface area contributed by atoms with E-state index < -0.39 is 11.6 Å². The molecule has 1 aromatic heterocycles. The summed E-state index contributed by atoms with van der Waals surface area (Å²) in [5, 5.41) is 7.58. The fourth-order valence-corrected chi connectivity index (χ4v) is 4.69. The Morgan fingerprint density at radius 3 is 2.61 bits per heavy atom. The zero-order valence-electron chi connectivity index (χ0n) is 18.7. The van der Waals surface area contributed by atoms with Gasteiger partial charge >= 0.3 is 0 Å². The summed E-state index contributed by atoms with van der Waals surface area (Å²) in [6.07, 6.45) is 3.80. The Kier molecular flexibility index (Phi) is 6.24. The lowest BCUT2D eigenvalue weighted by atomic mass is 10.1. The van der Waals surface area contributed by atoms with Gasteiger partial charge in [0.2, 0.25) is 5.95 Å². The second-order valence-corrected chi connectivity index (χ2v) is 8.73. The van der Waals surface area contributed by atoms with Crippen LogP contribution in [0.5, 0.6) is 0 Å². The molecule has 0 spiro atoms. The molecule has 3 heterocycles. The predicted molar refractivity (Wildman–Crippen MR) is 125 cm³/mol. The van der Waals surface area contributed by atoms with Crippen LogP contribution < -0.4 is 10.2 Å². The highest BCUT2D eigenvalue weighted by molar-refractivity contribution is 5.64. The number of morpholine rings is 1. The van der Waals surface area contributed by atoms with Crippen LogP contribution in [0, 0.1) is 18.6 Å². The molecular formula is C24H30F2N6O.